The molecule has 4 rings (SSSR count). The average molecular weight is 535 g/mol. The molecule has 0 radical (unpaired) electrons. The van der Waals surface area contributed by atoms with Crippen molar-refractivity contribution in [1.82, 2.24) is 19.9 Å². The SMILES string of the molecule is CCC[C@@H](CCO)Nc1nc(N)nc2c3ccccc3n(Cc3cc(CNCC(C)(C)OC)ccc3OC)c12. The van der Waals surface area contributed by atoms with Crippen molar-refractivity contribution >= 4 is 33.7 Å². The Bertz CT molecular complexity index is 1390. The number of nitrogens with two attached hydrogens (primary N) is 1. The molecule has 39 heavy (non-hydrogen) atoms. The van der Waals surface area contributed by atoms with E-state index in [4.69, 9.17) is 15.2 Å². The molecular weight excluding hydrogens is 492 g/mol. The normalized spacial score (nSPS) is 12.8. The van der Waals surface area contributed by atoms with Gasteiger partial charge >= 0.3 is 0 Å². The zero-order chi connectivity index (χ0) is 28.0. The van der Waals surface area contributed by atoms with Crippen LogP contribution in [0.3, 0.4) is 0 Å². The van der Waals surface area contributed by atoms with E-state index in [0.29, 0.717) is 25.3 Å². The number of methoxy groups -OCH3 is 2. The lowest BCUT2D eigenvalue weighted by Crippen LogP contribution is -2.36. The number of hydrogen-bond acceptors (Lipinski definition) is 8. The summed E-state index contributed by atoms with van der Waals surface area (Å²) in [4.78, 5) is 9.30. The van der Waals surface area contributed by atoms with E-state index in [9.17, 15) is 5.11 Å². The van der Waals surface area contributed by atoms with E-state index < -0.39 is 0 Å². The topological polar surface area (TPSA) is 119 Å². The van der Waals surface area contributed by atoms with Gasteiger partial charge in [0.05, 0.1) is 24.8 Å². The molecule has 0 saturated heterocycles. The summed E-state index contributed by atoms with van der Waals surface area (Å²) in [5, 5.41) is 17.7. The molecule has 0 fully saturated rings. The Hall–Kier alpha value is -3.40. The summed E-state index contributed by atoms with van der Waals surface area (Å²) in [5.74, 6) is 1.72. The zero-order valence-electron chi connectivity index (χ0n) is 23.8. The van der Waals surface area contributed by atoms with Crippen LogP contribution in [-0.4, -0.2) is 58.7 Å². The fourth-order valence-electron chi connectivity index (χ4n) is 5.01. The van der Waals surface area contributed by atoms with Gasteiger partial charge in [-0.25, -0.2) is 4.98 Å². The van der Waals surface area contributed by atoms with Gasteiger partial charge in [-0.1, -0.05) is 37.6 Å². The highest BCUT2D eigenvalue weighted by Gasteiger charge is 2.21. The number of fused-ring (bicyclic) bond motifs is 3. The lowest BCUT2D eigenvalue weighted by molar-refractivity contribution is 0.0230. The number of aliphatic hydroxyl groups excluding tert-OH is 1. The van der Waals surface area contributed by atoms with Gasteiger partial charge in [0.25, 0.3) is 0 Å². The largest absolute Gasteiger partial charge is 0.496 e. The summed E-state index contributed by atoms with van der Waals surface area (Å²) >= 11 is 0. The van der Waals surface area contributed by atoms with Crippen molar-refractivity contribution in [2.75, 3.05) is 38.4 Å². The summed E-state index contributed by atoms with van der Waals surface area (Å²) in [5.41, 5.74) is 10.9. The fourth-order valence-corrected chi connectivity index (χ4v) is 5.01. The van der Waals surface area contributed by atoms with Gasteiger partial charge in [0.1, 0.15) is 16.8 Å². The Morgan fingerprint density at radius 1 is 1.10 bits per heavy atom. The number of nitrogens with zero attached hydrogens (tertiary/aromatic N) is 3. The third-order valence-electron chi connectivity index (χ3n) is 7.18. The Balaban J connectivity index is 1.78. The molecule has 0 spiro atoms. The summed E-state index contributed by atoms with van der Waals surface area (Å²) in [7, 11) is 3.43. The maximum atomic E-state index is 9.65. The first kappa shape index (κ1) is 28.6. The predicted octanol–water partition coefficient (Wildman–Crippen LogP) is 4.70. The van der Waals surface area contributed by atoms with Crippen molar-refractivity contribution in [3.8, 4) is 5.75 Å². The van der Waals surface area contributed by atoms with Crippen LogP contribution in [0.4, 0.5) is 11.8 Å². The van der Waals surface area contributed by atoms with E-state index in [-0.39, 0.29) is 24.2 Å². The van der Waals surface area contributed by atoms with Gasteiger partial charge in [0.15, 0.2) is 5.82 Å². The second-order valence-corrected chi connectivity index (χ2v) is 10.6. The molecule has 9 heteroatoms. The minimum absolute atomic E-state index is 0.0734. The van der Waals surface area contributed by atoms with Gasteiger partial charge < -0.3 is 35.5 Å². The highest BCUT2D eigenvalue weighted by Crippen LogP contribution is 2.34. The van der Waals surface area contributed by atoms with Crippen LogP contribution < -0.4 is 21.1 Å². The Labute approximate surface area is 230 Å². The van der Waals surface area contributed by atoms with Crippen LogP contribution in [0.2, 0.25) is 0 Å². The molecule has 2 heterocycles. The van der Waals surface area contributed by atoms with Crippen LogP contribution in [0.5, 0.6) is 5.75 Å². The molecule has 0 aliphatic heterocycles. The maximum absolute atomic E-state index is 9.65. The van der Waals surface area contributed by atoms with Gasteiger partial charge in [0.2, 0.25) is 5.95 Å². The first-order valence-electron chi connectivity index (χ1n) is 13.6. The smallest absolute Gasteiger partial charge is 0.222 e. The summed E-state index contributed by atoms with van der Waals surface area (Å²) in [6.07, 6.45) is 2.53. The molecule has 0 unspecified atom stereocenters. The number of ether oxygens (including phenoxy) is 2. The van der Waals surface area contributed by atoms with Gasteiger partial charge in [-0.15, -0.1) is 0 Å². The predicted molar refractivity (Wildman–Crippen MR) is 158 cm³/mol. The summed E-state index contributed by atoms with van der Waals surface area (Å²) in [6.45, 7) is 8.37. The van der Waals surface area contributed by atoms with Crippen LogP contribution in [-0.2, 0) is 17.8 Å². The number of aromatic nitrogens is 3. The van der Waals surface area contributed by atoms with Crippen molar-refractivity contribution in [3.63, 3.8) is 0 Å². The van der Waals surface area contributed by atoms with Crippen LogP contribution >= 0.6 is 0 Å². The van der Waals surface area contributed by atoms with Gasteiger partial charge in [0, 0.05) is 43.8 Å². The first-order valence-corrected chi connectivity index (χ1v) is 13.6. The minimum atomic E-state index is -0.241. The van der Waals surface area contributed by atoms with Crippen LogP contribution in [0.15, 0.2) is 42.5 Å². The monoisotopic (exact) mass is 534 g/mol. The summed E-state index contributed by atoms with van der Waals surface area (Å²) < 4.78 is 13.6. The molecule has 0 bridgehead atoms. The van der Waals surface area contributed by atoms with Crippen molar-refractivity contribution in [1.29, 1.82) is 0 Å². The van der Waals surface area contributed by atoms with E-state index in [1.807, 2.05) is 18.2 Å². The lowest BCUT2D eigenvalue weighted by Gasteiger charge is -2.23. The quantitative estimate of drug-likeness (QED) is 0.184. The van der Waals surface area contributed by atoms with Gasteiger partial charge in [-0.05, 0) is 50.5 Å². The van der Waals surface area contributed by atoms with Crippen LogP contribution in [0.1, 0.15) is 51.2 Å². The van der Waals surface area contributed by atoms with Crippen molar-refractivity contribution < 1.29 is 14.6 Å². The van der Waals surface area contributed by atoms with Gasteiger partial charge in [-0.2, -0.15) is 4.98 Å². The molecule has 4 aromatic rings. The Morgan fingerprint density at radius 2 is 1.90 bits per heavy atom. The molecule has 0 aliphatic carbocycles. The van der Waals surface area contributed by atoms with Crippen molar-refractivity contribution in [3.05, 3.63) is 53.6 Å². The number of anilines is 2. The highest BCUT2D eigenvalue weighted by molar-refractivity contribution is 6.09. The average Bonchev–Trinajstić information content (AvgIpc) is 3.22. The van der Waals surface area contributed by atoms with E-state index >= 15 is 0 Å². The van der Waals surface area contributed by atoms with Crippen molar-refractivity contribution in [2.45, 2.75) is 64.8 Å². The highest BCUT2D eigenvalue weighted by atomic mass is 16.5. The molecular formula is C30H42N6O3. The van der Waals surface area contributed by atoms with E-state index in [2.05, 4.69) is 70.2 Å². The zero-order valence-corrected chi connectivity index (χ0v) is 23.8. The second kappa shape index (κ2) is 12.6. The van der Waals surface area contributed by atoms with E-state index in [0.717, 1.165) is 58.2 Å². The number of nitrogens with one attached hydrogen (secondary N) is 2. The van der Waals surface area contributed by atoms with Crippen molar-refractivity contribution in [2.24, 2.45) is 0 Å². The van der Waals surface area contributed by atoms with E-state index in [1.54, 1.807) is 14.2 Å². The fraction of sp³-hybridized carbons (Fsp3) is 0.467. The molecule has 1 atom stereocenters. The maximum Gasteiger partial charge on any atom is 0.222 e. The molecule has 9 nitrogen and oxygen atoms in total. The summed E-state index contributed by atoms with van der Waals surface area (Å²) in [6, 6.07) is 14.6. The van der Waals surface area contributed by atoms with Crippen LogP contribution in [0, 0.1) is 0 Å². The molecule has 5 N–H and O–H groups in total. The Morgan fingerprint density at radius 3 is 2.62 bits per heavy atom. The third kappa shape index (κ3) is 6.61. The molecule has 210 valence electrons. The van der Waals surface area contributed by atoms with E-state index in [1.165, 1.54) is 0 Å². The van der Waals surface area contributed by atoms with Crippen LogP contribution in [0.25, 0.3) is 21.9 Å². The number of aliphatic hydroxyl groups is 1. The number of benzene rings is 2. The standard InChI is InChI=1S/C30H42N6O3/c1-6-9-22(14-15-37)33-28-27-26(34-29(31)35-28)23-10-7-8-11-24(23)36(27)18-21-16-20(12-13-25(21)38-4)17-32-19-30(2,3)39-5/h7-8,10-13,16,22,32,37H,6,9,14-15,17-19H2,1-5H3,(H3,31,33,34,35)/t22-/m0/s1. The van der Waals surface area contributed by atoms with Gasteiger partial charge in [-0.3, -0.25) is 0 Å². The first-order chi connectivity index (χ1) is 18.8. The third-order valence-corrected chi connectivity index (χ3v) is 7.18. The second-order valence-electron chi connectivity index (χ2n) is 10.6. The number of nitrogen functional groups attached to an aromatic ring is 1. The molecule has 0 aliphatic rings. The lowest BCUT2D eigenvalue weighted by atomic mass is 10.1. The molecule has 0 saturated carbocycles. The molecule has 2 aromatic heterocycles. The minimum Gasteiger partial charge on any atom is -0.496 e. The number of para-hydroxylation sites is 1. The number of rotatable bonds is 14. The molecule has 0 amide bonds. The Kier molecular flexibility index (Phi) is 9.27. The number of hydrogen-bond donors (Lipinski definition) is 4. The molecule has 2 aromatic carbocycles.